The zero-order valence-electron chi connectivity index (χ0n) is 14.9. The van der Waals surface area contributed by atoms with Crippen LogP contribution in [0.5, 0.6) is 5.75 Å². The molecule has 0 atom stereocenters. The minimum absolute atomic E-state index is 0.0811. The maximum absolute atomic E-state index is 14.4. The van der Waals surface area contributed by atoms with Gasteiger partial charge in [0.1, 0.15) is 23.6 Å². The number of hydrogen-bond donors (Lipinski definition) is 0. The molecular weight excluding hydrogens is 359 g/mol. The summed E-state index contributed by atoms with van der Waals surface area (Å²) in [5.74, 6) is -0.219. The number of imidazole rings is 1. The van der Waals surface area contributed by atoms with E-state index < -0.39 is 0 Å². The Morgan fingerprint density at radius 3 is 2.61 bits per heavy atom. The Balaban J connectivity index is 1.70. The third kappa shape index (κ3) is 3.25. The molecule has 4 rings (SSSR count). The topological polar surface area (TPSA) is 69.9 Å². The summed E-state index contributed by atoms with van der Waals surface area (Å²) in [6.45, 7) is 0. The number of rotatable bonds is 5. The number of nitrogens with zero attached hydrogens (tertiary/aromatic N) is 4. The monoisotopic (exact) mass is 374 g/mol. The Morgan fingerprint density at radius 1 is 1.04 bits per heavy atom. The van der Waals surface area contributed by atoms with Crippen molar-refractivity contribution in [2.45, 2.75) is 0 Å². The van der Waals surface area contributed by atoms with Gasteiger partial charge in [-0.05, 0) is 35.9 Å². The molecule has 2 heterocycles. The second-order valence-corrected chi connectivity index (χ2v) is 5.94. The molecule has 0 aliphatic rings. The standard InChI is InChI=1S/C21H15FN4O2/c1-28-18-8-3-7-16(22)19(18)14-5-2-6-15(11-14)26-12-17(25-13-26)20(27)21-23-9-4-10-24-21/h2-13H,1H3. The number of hydrogen-bond acceptors (Lipinski definition) is 5. The average molecular weight is 374 g/mol. The van der Waals surface area contributed by atoms with Gasteiger partial charge in [0, 0.05) is 24.3 Å². The van der Waals surface area contributed by atoms with Crippen molar-refractivity contribution in [1.82, 2.24) is 19.5 Å². The predicted molar refractivity (Wildman–Crippen MR) is 101 cm³/mol. The minimum Gasteiger partial charge on any atom is -0.496 e. The van der Waals surface area contributed by atoms with Gasteiger partial charge in [-0.15, -0.1) is 0 Å². The molecule has 138 valence electrons. The highest BCUT2D eigenvalue weighted by molar-refractivity contribution is 6.04. The third-order valence-corrected chi connectivity index (χ3v) is 4.21. The van der Waals surface area contributed by atoms with E-state index in [9.17, 15) is 9.18 Å². The summed E-state index contributed by atoms with van der Waals surface area (Å²) in [4.78, 5) is 24.5. The number of ether oxygens (including phenoxy) is 1. The molecular formula is C21H15FN4O2. The van der Waals surface area contributed by atoms with Gasteiger partial charge < -0.3 is 9.30 Å². The quantitative estimate of drug-likeness (QED) is 0.498. The van der Waals surface area contributed by atoms with E-state index in [4.69, 9.17) is 4.74 Å². The van der Waals surface area contributed by atoms with Crippen molar-refractivity contribution >= 4 is 5.78 Å². The lowest BCUT2D eigenvalue weighted by Gasteiger charge is -2.11. The zero-order valence-corrected chi connectivity index (χ0v) is 14.9. The number of carbonyl (C=O) groups is 1. The Hall–Kier alpha value is -3.87. The summed E-state index contributed by atoms with van der Waals surface area (Å²) >= 11 is 0. The molecule has 0 aliphatic carbocycles. The van der Waals surface area contributed by atoms with Crippen LogP contribution in [0.1, 0.15) is 16.3 Å². The normalized spacial score (nSPS) is 10.6. The maximum atomic E-state index is 14.4. The first-order valence-corrected chi connectivity index (χ1v) is 8.46. The molecule has 0 saturated heterocycles. The number of benzene rings is 2. The van der Waals surface area contributed by atoms with E-state index in [1.807, 2.05) is 6.07 Å². The number of halogens is 1. The zero-order chi connectivity index (χ0) is 19.5. The van der Waals surface area contributed by atoms with E-state index >= 15 is 0 Å². The molecule has 28 heavy (non-hydrogen) atoms. The van der Waals surface area contributed by atoms with Crippen LogP contribution in [0, 0.1) is 5.82 Å². The van der Waals surface area contributed by atoms with E-state index in [1.165, 1.54) is 31.9 Å². The molecule has 0 bridgehead atoms. The molecule has 0 amide bonds. The van der Waals surface area contributed by atoms with E-state index in [1.54, 1.807) is 47.2 Å². The van der Waals surface area contributed by atoms with E-state index in [0.29, 0.717) is 16.9 Å². The summed E-state index contributed by atoms with van der Waals surface area (Å²) < 4.78 is 21.4. The van der Waals surface area contributed by atoms with Gasteiger partial charge in [-0.1, -0.05) is 18.2 Å². The SMILES string of the molecule is COc1cccc(F)c1-c1cccc(-n2cnc(C(=O)c3ncccn3)c2)c1. The molecule has 0 saturated carbocycles. The largest absolute Gasteiger partial charge is 0.496 e. The summed E-state index contributed by atoms with van der Waals surface area (Å²) in [6.07, 6.45) is 6.12. The van der Waals surface area contributed by atoms with E-state index in [-0.39, 0.29) is 23.1 Å². The van der Waals surface area contributed by atoms with Crippen molar-refractivity contribution < 1.29 is 13.9 Å². The Labute approximate surface area is 160 Å². The maximum Gasteiger partial charge on any atom is 0.250 e. The molecule has 0 radical (unpaired) electrons. The lowest BCUT2D eigenvalue weighted by molar-refractivity contribution is 0.102. The lowest BCUT2D eigenvalue weighted by atomic mass is 10.0. The van der Waals surface area contributed by atoms with Crippen LogP contribution < -0.4 is 4.74 Å². The molecule has 0 aliphatic heterocycles. The van der Waals surface area contributed by atoms with Crippen molar-refractivity contribution in [3.63, 3.8) is 0 Å². The van der Waals surface area contributed by atoms with Crippen LogP contribution in [0.3, 0.4) is 0 Å². The van der Waals surface area contributed by atoms with Crippen molar-refractivity contribution in [3.8, 4) is 22.6 Å². The van der Waals surface area contributed by atoms with Crippen LogP contribution >= 0.6 is 0 Å². The minimum atomic E-state index is -0.376. The fourth-order valence-electron chi connectivity index (χ4n) is 2.89. The number of ketones is 1. The van der Waals surface area contributed by atoms with Crippen LogP contribution in [0.2, 0.25) is 0 Å². The molecule has 6 nitrogen and oxygen atoms in total. The van der Waals surface area contributed by atoms with Gasteiger partial charge in [-0.3, -0.25) is 4.79 Å². The van der Waals surface area contributed by atoms with Gasteiger partial charge in [0.25, 0.3) is 0 Å². The Morgan fingerprint density at radius 2 is 1.82 bits per heavy atom. The van der Waals surface area contributed by atoms with E-state index in [0.717, 1.165) is 5.69 Å². The van der Waals surface area contributed by atoms with Crippen LogP contribution in [-0.4, -0.2) is 32.4 Å². The lowest BCUT2D eigenvalue weighted by Crippen LogP contribution is -2.06. The fraction of sp³-hybridized carbons (Fsp3) is 0.0476. The van der Waals surface area contributed by atoms with Gasteiger partial charge in [0.15, 0.2) is 0 Å². The van der Waals surface area contributed by atoms with Crippen LogP contribution in [0.4, 0.5) is 4.39 Å². The highest BCUT2D eigenvalue weighted by Crippen LogP contribution is 2.33. The summed E-state index contributed by atoms with van der Waals surface area (Å²) in [7, 11) is 1.50. The first-order valence-electron chi connectivity index (χ1n) is 8.46. The summed E-state index contributed by atoms with van der Waals surface area (Å²) in [6, 6.07) is 13.6. The summed E-state index contributed by atoms with van der Waals surface area (Å²) in [5.41, 5.74) is 1.98. The van der Waals surface area contributed by atoms with Crippen molar-refractivity contribution in [3.05, 3.63) is 90.8 Å². The Bertz CT molecular complexity index is 1140. The van der Waals surface area contributed by atoms with Crippen molar-refractivity contribution in [2.24, 2.45) is 0 Å². The predicted octanol–water partition coefficient (Wildman–Crippen LogP) is 3.71. The van der Waals surface area contributed by atoms with Gasteiger partial charge in [-0.25, -0.2) is 19.3 Å². The highest BCUT2D eigenvalue weighted by atomic mass is 19.1. The Kier molecular flexibility index (Phi) is 4.63. The number of aromatic nitrogens is 4. The van der Waals surface area contributed by atoms with Gasteiger partial charge in [0.05, 0.1) is 12.7 Å². The van der Waals surface area contributed by atoms with Gasteiger partial charge in [-0.2, -0.15) is 0 Å². The number of carbonyl (C=O) groups excluding carboxylic acids is 1. The van der Waals surface area contributed by atoms with Crippen LogP contribution in [0.25, 0.3) is 16.8 Å². The van der Waals surface area contributed by atoms with E-state index in [2.05, 4.69) is 15.0 Å². The molecule has 2 aromatic carbocycles. The van der Waals surface area contributed by atoms with Gasteiger partial charge in [0.2, 0.25) is 11.6 Å². The number of methoxy groups -OCH3 is 1. The highest BCUT2D eigenvalue weighted by Gasteiger charge is 2.16. The molecule has 7 heteroatoms. The molecule has 0 spiro atoms. The molecule has 2 aromatic heterocycles. The first-order chi connectivity index (χ1) is 13.7. The third-order valence-electron chi connectivity index (χ3n) is 4.21. The van der Waals surface area contributed by atoms with Crippen molar-refractivity contribution in [1.29, 1.82) is 0 Å². The van der Waals surface area contributed by atoms with Crippen LogP contribution in [-0.2, 0) is 0 Å². The second-order valence-electron chi connectivity index (χ2n) is 5.94. The van der Waals surface area contributed by atoms with Gasteiger partial charge >= 0.3 is 0 Å². The molecule has 4 aromatic rings. The molecule has 0 unspecified atom stereocenters. The average Bonchev–Trinajstić information content (AvgIpc) is 3.24. The molecule has 0 fully saturated rings. The van der Waals surface area contributed by atoms with Crippen LogP contribution in [0.15, 0.2) is 73.4 Å². The first kappa shape index (κ1) is 17.5. The summed E-state index contributed by atoms with van der Waals surface area (Å²) in [5, 5.41) is 0. The van der Waals surface area contributed by atoms with Crippen molar-refractivity contribution in [2.75, 3.05) is 7.11 Å². The molecule has 0 N–H and O–H groups in total. The fourth-order valence-corrected chi connectivity index (χ4v) is 2.89. The second kappa shape index (κ2) is 7.40. The smallest absolute Gasteiger partial charge is 0.250 e.